The number of amides is 1. The number of ether oxygens (including phenoxy) is 1. The molecule has 1 saturated carbocycles. The van der Waals surface area contributed by atoms with Crippen LogP contribution in [0.15, 0.2) is 24.3 Å². The van der Waals surface area contributed by atoms with Crippen LogP contribution in [0.5, 0.6) is 0 Å². The molecule has 0 heterocycles. The lowest BCUT2D eigenvalue weighted by atomic mass is 9.98. The Kier molecular flexibility index (Phi) is 8.62. The number of nitrogens with one attached hydrogen (secondary N) is 1. The fourth-order valence-electron chi connectivity index (χ4n) is 2.98. The quantitative estimate of drug-likeness (QED) is 0.423. The topological polar surface area (TPSA) is 75.7 Å². The van der Waals surface area contributed by atoms with Crippen molar-refractivity contribution in [2.75, 3.05) is 30.3 Å². The molecule has 1 amide bonds. The lowest BCUT2D eigenvalue weighted by Gasteiger charge is -2.23. The summed E-state index contributed by atoms with van der Waals surface area (Å²) in [6.45, 7) is 0.886. The van der Waals surface area contributed by atoms with E-state index in [4.69, 9.17) is 4.74 Å². The largest absolute Gasteiger partial charge is 0.378 e. The van der Waals surface area contributed by atoms with Crippen molar-refractivity contribution in [2.24, 2.45) is 0 Å². The predicted molar refractivity (Wildman–Crippen MR) is 112 cm³/mol. The normalized spacial score (nSPS) is 15.6. The van der Waals surface area contributed by atoms with E-state index in [1.807, 2.05) is 12.1 Å². The van der Waals surface area contributed by atoms with Gasteiger partial charge in [-0.05, 0) is 66.1 Å². The smallest absolute Gasteiger partial charge is 0.240 e. The number of hydrogen-bond acceptors (Lipinski definition) is 4. The Morgan fingerprint density at radius 3 is 2.50 bits per heavy atom. The summed E-state index contributed by atoms with van der Waals surface area (Å²) in [7, 11) is -3.53. The number of rotatable bonds is 9. The van der Waals surface area contributed by atoms with E-state index in [0.29, 0.717) is 24.9 Å². The molecular weight excluding hydrogens is 467 g/mol. The summed E-state index contributed by atoms with van der Waals surface area (Å²) in [6.07, 6.45) is 8.23. The summed E-state index contributed by atoms with van der Waals surface area (Å²) >= 11 is 2.15. The van der Waals surface area contributed by atoms with Gasteiger partial charge in [0.1, 0.15) is 6.54 Å². The molecule has 1 N–H and O–H groups in total. The van der Waals surface area contributed by atoms with Gasteiger partial charge >= 0.3 is 0 Å². The van der Waals surface area contributed by atoms with Gasteiger partial charge in [0.25, 0.3) is 0 Å². The Morgan fingerprint density at radius 2 is 1.88 bits per heavy atom. The zero-order chi connectivity index (χ0) is 19.0. The molecule has 1 aromatic carbocycles. The summed E-state index contributed by atoms with van der Waals surface area (Å²) in [5.74, 6) is -0.313. The molecule has 0 saturated heterocycles. The van der Waals surface area contributed by atoms with Crippen molar-refractivity contribution in [1.29, 1.82) is 0 Å². The second-order valence-corrected chi connectivity index (χ2v) is 9.73. The lowest BCUT2D eigenvalue weighted by Crippen LogP contribution is -2.40. The molecule has 2 rings (SSSR count). The van der Waals surface area contributed by atoms with Gasteiger partial charge in [0, 0.05) is 16.7 Å². The third-order valence-corrected chi connectivity index (χ3v) is 6.21. The average Bonchev–Trinajstić information content (AvgIpc) is 2.60. The standard InChI is InChI=1S/C18H27IN2O4S/c1-26(23,24)21(16-10-8-15(19)9-11-16)14-18(22)20-12-5-13-25-17-6-3-2-4-7-17/h8-11,17H,2-7,12-14H2,1H3,(H,20,22). The molecule has 1 aliphatic carbocycles. The molecule has 6 nitrogen and oxygen atoms in total. The molecule has 0 spiro atoms. The number of hydrogen-bond donors (Lipinski definition) is 1. The van der Waals surface area contributed by atoms with Crippen molar-refractivity contribution >= 4 is 44.2 Å². The fourth-order valence-corrected chi connectivity index (χ4v) is 4.19. The molecule has 146 valence electrons. The second kappa shape index (κ2) is 10.5. The van der Waals surface area contributed by atoms with Crippen molar-refractivity contribution in [3.63, 3.8) is 0 Å². The van der Waals surface area contributed by atoms with Crippen molar-refractivity contribution < 1.29 is 17.9 Å². The Bertz CT molecular complexity index is 673. The number of anilines is 1. The number of carbonyl (C=O) groups is 1. The summed E-state index contributed by atoms with van der Waals surface area (Å²) in [4.78, 5) is 12.1. The lowest BCUT2D eigenvalue weighted by molar-refractivity contribution is -0.119. The Balaban J connectivity index is 1.75. The van der Waals surface area contributed by atoms with Crippen molar-refractivity contribution in [3.8, 4) is 0 Å². The highest BCUT2D eigenvalue weighted by atomic mass is 127. The Hall–Kier alpha value is -0.870. The van der Waals surface area contributed by atoms with Gasteiger partial charge in [0.2, 0.25) is 15.9 Å². The van der Waals surface area contributed by atoms with E-state index in [1.165, 1.54) is 19.3 Å². The van der Waals surface area contributed by atoms with Crippen LogP contribution in [0.3, 0.4) is 0 Å². The van der Waals surface area contributed by atoms with Gasteiger partial charge in [-0.1, -0.05) is 19.3 Å². The maximum absolute atomic E-state index is 12.1. The number of halogens is 1. The molecule has 0 unspecified atom stereocenters. The Morgan fingerprint density at radius 1 is 1.23 bits per heavy atom. The summed E-state index contributed by atoms with van der Waals surface area (Å²) in [5.41, 5.74) is 0.490. The van der Waals surface area contributed by atoms with E-state index in [-0.39, 0.29) is 12.5 Å². The second-order valence-electron chi connectivity index (χ2n) is 6.58. The molecular formula is C18H27IN2O4S. The highest BCUT2D eigenvalue weighted by Gasteiger charge is 2.20. The molecule has 1 fully saturated rings. The van der Waals surface area contributed by atoms with Crippen molar-refractivity contribution in [3.05, 3.63) is 27.8 Å². The first-order chi connectivity index (χ1) is 12.4. The summed E-state index contributed by atoms with van der Waals surface area (Å²) in [6, 6.07) is 7.03. The zero-order valence-corrected chi connectivity index (χ0v) is 18.1. The minimum Gasteiger partial charge on any atom is -0.378 e. The van der Waals surface area contributed by atoms with E-state index in [0.717, 1.165) is 33.4 Å². The number of sulfonamides is 1. The third-order valence-electron chi connectivity index (χ3n) is 4.35. The third kappa shape index (κ3) is 7.40. The molecule has 8 heteroatoms. The van der Waals surface area contributed by atoms with Gasteiger partial charge in [0.05, 0.1) is 18.0 Å². The minimum absolute atomic E-state index is 0.219. The first-order valence-corrected chi connectivity index (χ1v) is 11.9. The molecule has 0 atom stereocenters. The SMILES string of the molecule is CS(=O)(=O)N(CC(=O)NCCCOC1CCCCC1)c1ccc(I)cc1. The zero-order valence-electron chi connectivity index (χ0n) is 15.1. The molecule has 1 aliphatic rings. The van der Waals surface area contributed by atoms with E-state index < -0.39 is 10.0 Å². The molecule has 1 aromatic rings. The van der Waals surface area contributed by atoms with Crippen LogP contribution in [0.25, 0.3) is 0 Å². The van der Waals surface area contributed by atoms with E-state index in [9.17, 15) is 13.2 Å². The van der Waals surface area contributed by atoms with Gasteiger partial charge in [0.15, 0.2) is 0 Å². The van der Waals surface area contributed by atoms with E-state index >= 15 is 0 Å². The minimum atomic E-state index is -3.53. The monoisotopic (exact) mass is 494 g/mol. The average molecular weight is 494 g/mol. The molecule has 26 heavy (non-hydrogen) atoms. The van der Waals surface area contributed by atoms with Gasteiger partial charge < -0.3 is 10.1 Å². The van der Waals surface area contributed by atoms with Crippen LogP contribution in [-0.2, 0) is 19.6 Å². The van der Waals surface area contributed by atoms with Gasteiger partial charge in [-0.2, -0.15) is 0 Å². The van der Waals surface area contributed by atoms with Crippen LogP contribution in [0.4, 0.5) is 5.69 Å². The molecule has 0 aliphatic heterocycles. The first kappa shape index (κ1) is 21.4. The maximum Gasteiger partial charge on any atom is 0.240 e. The Labute approximate surface area is 169 Å². The number of carbonyl (C=O) groups excluding carboxylic acids is 1. The van der Waals surface area contributed by atoms with Crippen LogP contribution in [0.1, 0.15) is 38.5 Å². The van der Waals surface area contributed by atoms with E-state index in [2.05, 4.69) is 27.9 Å². The van der Waals surface area contributed by atoms with Crippen LogP contribution in [0, 0.1) is 3.57 Å². The van der Waals surface area contributed by atoms with Gasteiger partial charge in [-0.25, -0.2) is 8.42 Å². The number of benzene rings is 1. The fraction of sp³-hybridized carbons (Fsp3) is 0.611. The summed E-state index contributed by atoms with van der Waals surface area (Å²) < 4.78 is 32.0. The van der Waals surface area contributed by atoms with Crippen molar-refractivity contribution in [2.45, 2.75) is 44.6 Å². The van der Waals surface area contributed by atoms with Crippen LogP contribution < -0.4 is 9.62 Å². The molecule has 0 aromatic heterocycles. The van der Waals surface area contributed by atoms with Gasteiger partial charge in [-0.15, -0.1) is 0 Å². The maximum atomic E-state index is 12.1. The molecule has 0 radical (unpaired) electrons. The number of nitrogens with zero attached hydrogens (tertiary/aromatic N) is 1. The van der Waals surface area contributed by atoms with Gasteiger partial charge in [-0.3, -0.25) is 9.10 Å². The highest BCUT2D eigenvalue weighted by molar-refractivity contribution is 14.1. The van der Waals surface area contributed by atoms with E-state index in [1.54, 1.807) is 12.1 Å². The van der Waals surface area contributed by atoms with Crippen LogP contribution >= 0.6 is 22.6 Å². The van der Waals surface area contributed by atoms with Crippen LogP contribution in [-0.4, -0.2) is 46.4 Å². The van der Waals surface area contributed by atoms with Crippen molar-refractivity contribution in [1.82, 2.24) is 5.32 Å². The summed E-state index contributed by atoms with van der Waals surface area (Å²) in [5, 5.41) is 2.78. The predicted octanol–water partition coefficient (Wildman–Crippen LogP) is 2.91. The van der Waals surface area contributed by atoms with Crippen LogP contribution in [0.2, 0.25) is 0 Å². The molecule has 0 bridgehead atoms. The highest BCUT2D eigenvalue weighted by Crippen LogP contribution is 2.20. The first-order valence-electron chi connectivity index (χ1n) is 8.98.